The number of hydrogen-bond acceptors (Lipinski definition) is 5. The summed E-state index contributed by atoms with van der Waals surface area (Å²) in [5.41, 5.74) is 0.373. The average Bonchev–Trinajstić information content (AvgIpc) is 3.23. The van der Waals surface area contributed by atoms with Gasteiger partial charge in [-0.1, -0.05) is 24.4 Å². The number of ether oxygens (including phenoxy) is 1. The summed E-state index contributed by atoms with van der Waals surface area (Å²) >= 11 is 0. The largest absolute Gasteiger partial charge is 0.377 e. The molecule has 2 aromatic heterocycles. The second kappa shape index (κ2) is 6.76. The topological polar surface area (TPSA) is 73.4 Å². The number of carbonyl (C=O) groups is 1. The van der Waals surface area contributed by atoms with Gasteiger partial charge in [-0.3, -0.25) is 9.48 Å². The predicted octanol–water partition coefficient (Wildman–Crippen LogP) is 1.95. The van der Waals surface area contributed by atoms with Gasteiger partial charge >= 0.3 is 0 Å². The Balaban J connectivity index is 1.44. The van der Waals surface area contributed by atoms with Crippen LogP contribution in [0, 0.1) is 5.92 Å². The maximum absolute atomic E-state index is 12.8. The predicted molar refractivity (Wildman–Crippen MR) is 85.4 cm³/mol. The molecule has 24 heavy (non-hydrogen) atoms. The SMILES string of the molecule is O=C(c1cc(Cn2cccn2)on1)N1CCOCC1CC1CCC1. The summed E-state index contributed by atoms with van der Waals surface area (Å²) in [6.07, 6.45) is 8.45. The van der Waals surface area contributed by atoms with Crippen LogP contribution in [0.1, 0.15) is 41.9 Å². The number of rotatable bonds is 5. The Kier molecular flexibility index (Phi) is 4.34. The Labute approximate surface area is 140 Å². The van der Waals surface area contributed by atoms with E-state index in [9.17, 15) is 4.79 Å². The molecular formula is C17H22N4O3. The van der Waals surface area contributed by atoms with Crippen LogP contribution < -0.4 is 0 Å². The summed E-state index contributed by atoms with van der Waals surface area (Å²) in [6.45, 7) is 2.31. The van der Waals surface area contributed by atoms with Crippen LogP contribution >= 0.6 is 0 Å². The molecule has 1 saturated carbocycles. The van der Waals surface area contributed by atoms with Crippen LogP contribution in [0.5, 0.6) is 0 Å². The molecule has 4 rings (SSSR count). The first-order valence-corrected chi connectivity index (χ1v) is 8.61. The van der Waals surface area contributed by atoms with Crippen LogP contribution in [0.4, 0.5) is 0 Å². The van der Waals surface area contributed by atoms with Gasteiger partial charge in [-0.15, -0.1) is 0 Å². The van der Waals surface area contributed by atoms with Crippen LogP contribution in [0.15, 0.2) is 29.0 Å². The molecular weight excluding hydrogens is 308 g/mol. The third-order valence-electron chi connectivity index (χ3n) is 4.97. The molecule has 1 aliphatic carbocycles. The summed E-state index contributed by atoms with van der Waals surface area (Å²) in [5, 5.41) is 8.10. The van der Waals surface area contributed by atoms with Gasteiger partial charge in [-0.25, -0.2) is 0 Å². The van der Waals surface area contributed by atoms with Gasteiger partial charge in [-0.05, 0) is 18.4 Å². The van der Waals surface area contributed by atoms with Gasteiger partial charge in [0, 0.05) is 25.0 Å². The highest BCUT2D eigenvalue weighted by Gasteiger charge is 2.33. The molecule has 2 aliphatic rings. The fraction of sp³-hybridized carbons (Fsp3) is 0.588. The summed E-state index contributed by atoms with van der Waals surface area (Å²) in [6, 6.07) is 3.73. The highest BCUT2D eigenvalue weighted by atomic mass is 16.5. The lowest BCUT2D eigenvalue weighted by Gasteiger charge is -2.39. The second-order valence-electron chi connectivity index (χ2n) is 6.64. The number of hydrogen-bond donors (Lipinski definition) is 0. The van der Waals surface area contributed by atoms with Crippen molar-refractivity contribution in [2.75, 3.05) is 19.8 Å². The normalized spacial score (nSPS) is 21.7. The van der Waals surface area contributed by atoms with E-state index in [1.165, 1.54) is 19.3 Å². The third kappa shape index (κ3) is 3.21. The van der Waals surface area contributed by atoms with Crippen LogP contribution in [-0.2, 0) is 11.3 Å². The molecule has 1 amide bonds. The molecule has 1 atom stereocenters. The summed E-state index contributed by atoms with van der Waals surface area (Å²) in [5.74, 6) is 1.31. The molecule has 0 radical (unpaired) electrons. The van der Waals surface area contributed by atoms with E-state index in [-0.39, 0.29) is 11.9 Å². The average molecular weight is 330 g/mol. The van der Waals surface area contributed by atoms with E-state index in [2.05, 4.69) is 10.3 Å². The van der Waals surface area contributed by atoms with Crippen molar-refractivity contribution < 1.29 is 14.1 Å². The molecule has 7 nitrogen and oxygen atoms in total. The Morgan fingerprint density at radius 3 is 3.04 bits per heavy atom. The molecule has 7 heteroatoms. The van der Waals surface area contributed by atoms with Crippen LogP contribution in [0.25, 0.3) is 0 Å². The van der Waals surface area contributed by atoms with E-state index in [0.29, 0.717) is 37.8 Å². The number of carbonyl (C=O) groups excluding carboxylic acids is 1. The fourth-order valence-electron chi connectivity index (χ4n) is 3.42. The van der Waals surface area contributed by atoms with E-state index in [1.807, 2.05) is 17.2 Å². The molecule has 0 spiro atoms. The minimum atomic E-state index is -0.0573. The van der Waals surface area contributed by atoms with Crippen molar-refractivity contribution in [1.82, 2.24) is 19.8 Å². The Bertz CT molecular complexity index is 678. The molecule has 128 valence electrons. The molecule has 0 N–H and O–H groups in total. The van der Waals surface area contributed by atoms with Crippen molar-refractivity contribution in [3.05, 3.63) is 36.0 Å². The lowest BCUT2D eigenvalue weighted by molar-refractivity contribution is -0.0128. The minimum absolute atomic E-state index is 0.0573. The molecule has 2 fully saturated rings. The van der Waals surface area contributed by atoms with Crippen molar-refractivity contribution in [3.8, 4) is 0 Å². The van der Waals surface area contributed by atoms with E-state index in [1.54, 1.807) is 16.9 Å². The van der Waals surface area contributed by atoms with Gasteiger partial charge in [0.25, 0.3) is 5.91 Å². The van der Waals surface area contributed by atoms with Crippen molar-refractivity contribution in [3.63, 3.8) is 0 Å². The number of amides is 1. The van der Waals surface area contributed by atoms with E-state index >= 15 is 0 Å². The number of aromatic nitrogens is 3. The Morgan fingerprint density at radius 2 is 2.29 bits per heavy atom. The molecule has 1 saturated heterocycles. The first-order chi connectivity index (χ1) is 11.8. The lowest BCUT2D eigenvalue weighted by atomic mass is 9.80. The van der Waals surface area contributed by atoms with Crippen molar-refractivity contribution in [2.24, 2.45) is 5.92 Å². The summed E-state index contributed by atoms with van der Waals surface area (Å²) in [4.78, 5) is 14.8. The van der Waals surface area contributed by atoms with Crippen molar-refractivity contribution in [1.29, 1.82) is 0 Å². The van der Waals surface area contributed by atoms with Gasteiger partial charge in [0.15, 0.2) is 11.5 Å². The molecule has 2 aromatic rings. The maximum Gasteiger partial charge on any atom is 0.276 e. The van der Waals surface area contributed by atoms with E-state index in [0.717, 1.165) is 12.3 Å². The zero-order valence-electron chi connectivity index (χ0n) is 13.6. The maximum atomic E-state index is 12.8. The van der Waals surface area contributed by atoms with Gasteiger partial charge < -0.3 is 14.2 Å². The number of morpholine rings is 1. The van der Waals surface area contributed by atoms with Crippen molar-refractivity contribution in [2.45, 2.75) is 38.3 Å². The molecule has 1 aliphatic heterocycles. The van der Waals surface area contributed by atoms with Gasteiger partial charge in [0.2, 0.25) is 0 Å². The van der Waals surface area contributed by atoms with Gasteiger partial charge in [-0.2, -0.15) is 5.10 Å². The smallest absolute Gasteiger partial charge is 0.276 e. The standard InChI is InChI=1S/C17H22N4O3/c22-17(16-10-15(24-19-16)11-20-6-2-5-18-20)21-7-8-23-12-14(21)9-13-3-1-4-13/h2,5-6,10,13-14H,1,3-4,7-9,11-12H2. The van der Waals surface area contributed by atoms with Crippen molar-refractivity contribution >= 4 is 5.91 Å². The third-order valence-corrected chi connectivity index (χ3v) is 4.97. The monoisotopic (exact) mass is 330 g/mol. The Hall–Kier alpha value is -2.15. The quantitative estimate of drug-likeness (QED) is 0.838. The van der Waals surface area contributed by atoms with Crippen LogP contribution in [-0.4, -0.2) is 51.5 Å². The Morgan fingerprint density at radius 1 is 1.38 bits per heavy atom. The first kappa shape index (κ1) is 15.4. The number of nitrogens with zero attached hydrogens (tertiary/aromatic N) is 4. The fourth-order valence-corrected chi connectivity index (χ4v) is 3.42. The second-order valence-corrected chi connectivity index (χ2v) is 6.64. The molecule has 0 aromatic carbocycles. The van der Waals surface area contributed by atoms with Crippen LogP contribution in [0.2, 0.25) is 0 Å². The molecule has 0 bridgehead atoms. The zero-order valence-corrected chi connectivity index (χ0v) is 13.6. The highest BCUT2D eigenvalue weighted by Crippen LogP contribution is 2.32. The van der Waals surface area contributed by atoms with Crippen LogP contribution in [0.3, 0.4) is 0 Å². The highest BCUT2D eigenvalue weighted by molar-refractivity contribution is 5.92. The van der Waals surface area contributed by atoms with Gasteiger partial charge in [0.1, 0.15) is 6.54 Å². The lowest BCUT2D eigenvalue weighted by Crippen LogP contribution is -2.49. The first-order valence-electron chi connectivity index (χ1n) is 8.61. The zero-order chi connectivity index (χ0) is 16.4. The summed E-state index contributed by atoms with van der Waals surface area (Å²) in [7, 11) is 0. The molecule has 3 heterocycles. The molecule has 1 unspecified atom stereocenters. The van der Waals surface area contributed by atoms with Gasteiger partial charge in [0.05, 0.1) is 19.3 Å². The minimum Gasteiger partial charge on any atom is -0.377 e. The van der Waals surface area contributed by atoms with E-state index < -0.39 is 0 Å². The summed E-state index contributed by atoms with van der Waals surface area (Å²) < 4.78 is 12.6. The van der Waals surface area contributed by atoms with E-state index in [4.69, 9.17) is 9.26 Å².